The molecule has 1 aromatic carbocycles. The van der Waals surface area contributed by atoms with Crippen LogP contribution in [-0.4, -0.2) is 52.9 Å². The lowest BCUT2D eigenvalue weighted by Gasteiger charge is -2.29. The molecule has 0 bridgehead atoms. The van der Waals surface area contributed by atoms with Gasteiger partial charge in [-0.3, -0.25) is 4.79 Å². The Morgan fingerprint density at radius 2 is 2.12 bits per heavy atom. The summed E-state index contributed by atoms with van der Waals surface area (Å²) in [4.78, 5) is 16.6. The van der Waals surface area contributed by atoms with E-state index >= 15 is 0 Å². The van der Waals surface area contributed by atoms with Gasteiger partial charge in [0.25, 0.3) is 0 Å². The molecule has 5 heteroatoms. The summed E-state index contributed by atoms with van der Waals surface area (Å²) < 4.78 is 13.7. The minimum Gasteiger partial charge on any atom is -0.335 e. The molecule has 1 aromatic rings. The van der Waals surface area contributed by atoms with Crippen molar-refractivity contribution in [2.24, 2.45) is 11.8 Å². The van der Waals surface area contributed by atoms with Crippen molar-refractivity contribution >= 4 is 17.7 Å². The zero-order valence-electron chi connectivity index (χ0n) is 14.7. The minimum atomic E-state index is -0.220. The van der Waals surface area contributed by atoms with Gasteiger partial charge in [0.15, 0.2) is 0 Å². The van der Waals surface area contributed by atoms with E-state index in [2.05, 4.69) is 18.7 Å². The van der Waals surface area contributed by atoms with E-state index in [1.807, 2.05) is 22.7 Å². The fourth-order valence-electron chi connectivity index (χ4n) is 4.18. The van der Waals surface area contributed by atoms with Crippen LogP contribution in [0.3, 0.4) is 0 Å². The van der Waals surface area contributed by atoms with Crippen LogP contribution in [0, 0.1) is 17.7 Å². The van der Waals surface area contributed by atoms with Gasteiger partial charge in [-0.25, -0.2) is 4.39 Å². The monoisotopic (exact) mass is 350 g/mol. The van der Waals surface area contributed by atoms with Crippen molar-refractivity contribution in [1.82, 2.24) is 9.80 Å². The Hall–Kier alpha value is -1.07. The van der Waals surface area contributed by atoms with Gasteiger partial charge in [-0.1, -0.05) is 26.0 Å². The van der Waals surface area contributed by atoms with Gasteiger partial charge in [0.1, 0.15) is 5.82 Å². The van der Waals surface area contributed by atoms with Gasteiger partial charge >= 0.3 is 0 Å². The van der Waals surface area contributed by atoms with Crippen molar-refractivity contribution in [3.8, 4) is 0 Å². The van der Waals surface area contributed by atoms with E-state index in [0.717, 1.165) is 37.5 Å². The molecular formula is C19H27FN2OS. The fraction of sp³-hybridized carbons (Fsp3) is 0.632. The molecule has 0 saturated carbocycles. The van der Waals surface area contributed by atoms with Crippen molar-refractivity contribution in [3.05, 3.63) is 35.6 Å². The van der Waals surface area contributed by atoms with Crippen LogP contribution >= 0.6 is 11.8 Å². The van der Waals surface area contributed by atoms with Crippen LogP contribution < -0.4 is 0 Å². The summed E-state index contributed by atoms with van der Waals surface area (Å²) in [7, 11) is 0. The molecule has 132 valence electrons. The number of amides is 1. The molecule has 1 amide bonds. The standard InChI is InChI=1S/C19H27FN2OS/c1-13(2)24-8-7-21-10-16-11-22(14(3)23)19(18(16)12-21)15-5-4-6-17(20)9-15/h4-6,9,13,16,18-19H,7-8,10-12H2,1-3H3/t16-,18-,19-/m1/s1. The van der Waals surface area contributed by atoms with Gasteiger partial charge in [-0.05, 0) is 28.9 Å². The fourth-order valence-corrected chi connectivity index (χ4v) is 5.01. The van der Waals surface area contributed by atoms with Crippen molar-refractivity contribution in [2.45, 2.75) is 32.1 Å². The predicted octanol–water partition coefficient (Wildman–Crippen LogP) is 3.42. The number of carbonyl (C=O) groups excluding carboxylic acids is 1. The summed E-state index contributed by atoms with van der Waals surface area (Å²) in [6.07, 6.45) is 0. The lowest BCUT2D eigenvalue weighted by atomic mass is 9.89. The molecule has 0 aliphatic carbocycles. The van der Waals surface area contributed by atoms with Crippen molar-refractivity contribution in [2.75, 3.05) is 31.9 Å². The smallest absolute Gasteiger partial charge is 0.219 e. The van der Waals surface area contributed by atoms with Crippen molar-refractivity contribution in [3.63, 3.8) is 0 Å². The number of fused-ring (bicyclic) bond motifs is 1. The van der Waals surface area contributed by atoms with E-state index in [1.165, 1.54) is 6.07 Å². The Morgan fingerprint density at radius 3 is 2.79 bits per heavy atom. The predicted molar refractivity (Wildman–Crippen MR) is 97.5 cm³/mol. The topological polar surface area (TPSA) is 23.6 Å². The number of likely N-dealkylation sites (tertiary alicyclic amines) is 2. The van der Waals surface area contributed by atoms with E-state index in [9.17, 15) is 9.18 Å². The van der Waals surface area contributed by atoms with E-state index in [-0.39, 0.29) is 17.8 Å². The van der Waals surface area contributed by atoms with E-state index in [4.69, 9.17) is 0 Å². The highest BCUT2D eigenvalue weighted by atomic mass is 32.2. The van der Waals surface area contributed by atoms with Crippen LogP contribution in [0.5, 0.6) is 0 Å². The second-order valence-corrected chi connectivity index (χ2v) is 8.96. The number of rotatable bonds is 5. The average Bonchev–Trinajstić information content (AvgIpc) is 3.03. The first-order chi connectivity index (χ1) is 11.5. The Kier molecular flexibility index (Phi) is 5.50. The molecule has 2 saturated heterocycles. The van der Waals surface area contributed by atoms with Gasteiger partial charge in [0.05, 0.1) is 6.04 Å². The molecule has 2 aliphatic heterocycles. The average molecular weight is 351 g/mol. The first kappa shape index (κ1) is 17.7. The van der Waals surface area contributed by atoms with Crippen molar-refractivity contribution in [1.29, 1.82) is 0 Å². The summed E-state index contributed by atoms with van der Waals surface area (Å²) in [6.45, 7) is 10.1. The molecule has 24 heavy (non-hydrogen) atoms. The number of hydrogen-bond donors (Lipinski definition) is 0. The van der Waals surface area contributed by atoms with Crippen LogP contribution in [0.2, 0.25) is 0 Å². The summed E-state index contributed by atoms with van der Waals surface area (Å²) in [6, 6.07) is 6.80. The molecular weight excluding hydrogens is 323 g/mol. The quantitative estimate of drug-likeness (QED) is 0.813. The second kappa shape index (κ2) is 7.44. The van der Waals surface area contributed by atoms with Crippen LogP contribution in [-0.2, 0) is 4.79 Å². The Bertz CT molecular complexity index is 594. The highest BCUT2D eigenvalue weighted by Gasteiger charge is 2.48. The maximum Gasteiger partial charge on any atom is 0.219 e. The Labute approximate surface area is 148 Å². The zero-order chi connectivity index (χ0) is 17.3. The molecule has 0 aromatic heterocycles. The van der Waals surface area contributed by atoms with Crippen LogP contribution in [0.15, 0.2) is 24.3 Å². The zero-order valence-corrected chi connectivity index (χ0v) is 15.6. The van der Waals surface area contributed by atoms with Gasteiger partial charge in [0, 0.05) is 44.8 Å². The maximum atomic E-state index is 13.7. The molecule has 3 atom stereocenters. The number of thioether (sulfide) groups is 1. The largest absolute Gasteiger partial charge is 0.335 e. The number of nitrogens with zero attached hydrogens (tertiary/aromatic N) is 2. The highest BCUT2D eigenvalue weighted by Crippen LogP contribution is 2.45. The molecule has 2 heterocycles. The Morgan fingerprint density at radius 1 is 1.33 bits per heavy atom. The summed E-state index contributed by atoms with van der Waals surface area (Å²) in [5, 5.41) is 0.667. The number of hydrogen-bond acceptors (Lipinski definition) is 3. The molecule has 2 fully saturated rings. The number of halogens is 1. The first-order valence-corrected chi connectivity index (χ1v) is 9.87. The van der Waals surface area contributed by atoms with Crippen LogP contribution in [0.1, 0.15) is 32.4 Å². The van der Waals surface area contributed by atoms with E-state index < -0.39 is 0 Å². The summed E-state index contributed by atoms with van der Waals surface area (Å²) in [5.74, 6) is 1.95. The molecule has 0 radical (unpaired) electrons. The lowest BCUT2D eigenvalue weighted by molar-refractivity contribution is -0.130. The van der Waals surface area contributed by atoms with Gasteiger partial charge < -0.3 is 9.80 Å². The molecule has 3 nitrogen and oxygen atoms in total. The third-order valence-electron chi connectivity index (χ3n) is 5.19. The van der Waals surface area contributed by atoms with Gasteiger partial charge in [-0.2, -0.15) is 11.8 Å². The van der Waals surface area contributed by atoms with Crippen LogP contribution in [0.25, 0.3) is 0 Å². The number of carbonyl (C=O) groups is 1. The Balaban J connectivity index is 1.72. The summed E-state index contributed by atoms with van der Waals surface area (Å²) in [5.41, 5.74) is 0.941. The minimum absolute atomic E-state index is 0.0194. The van der Waals surface area contributed by atoms with Crippen molar-refractivity contribution < 1.29 is 9.18 Å². The van der Waals surface area contributed by atoms with Crippen LogP contribution in [0.4, 0.5) is 4.39 Å². The first-order valence-electron chi connectivity index (χ1n) is 8.82. The molecule has 2 aliphatic rings. The highest BCUT2D eigenvalue weighted by molar-refractivity contribution is 7.99. The number of benzene rings is 1. The molecule has 3 rings (SSSR count). The third kappa shape index (κ3) is 3.77. The summed E-state index contributed by atoms with van der Waals surface area (Å²) >= 11 is 1.99. The van der Waals surface area contributed by atoms with Gasteiger partial charge in [0.2, 0.25) is 5.91 Å². The molecule has 0 spiro atoms. The maximum absolute atomic E-state index is 13.7. The second-order valence-electron chi connectivity index (χ2n) is 7.27. The lowest BCUT2D eigenvalue weighted by Crippen LogP contribution is -2.35. The molecule has 0 unspecified atom stereocenters. The van der Waals surface area contributed by atoms with Gasteiger partial charge in [-0.15, -0.1) is 0 Å². The third-order valence-corrected chi connectivity index (χ3v) is 6.28. The SMILES string of the molecule is CC(=O)N1C[C@H]2CN(CCSC(C)C)C[C@H]2[C@H]1c1cccc(F)c1. The van der Waals surface area contributed by atoms with E-state index in [0.29, 0.717) is 17.1 Å². The normalized spacial score (nSPS) is 27.0. The van der Waals surface area contributed by atoms with E-state index in [1.54, 1.807) is 19.1 Å². The molecule has 0 N–H and O–H groups in total.